The summed E-state index contributed by atoms with van der Waals surface area (Å²) in [5.41, 5.74) is 4.99. The van der Waals surface area contributed by atoms with Crippen LogP contribution in [0.25, 0.3) is 0 Å². The highest BCUT2D eigenvalue weighted by Crippen LogP contribution is 1.73. The van der Waals surface area contributed by atoms with Crippen LogP contribution in [0.5, 0.6) is 0 Å². The molecule has 54 valence electrons. The minimum atomic E-state index is -0.277. The number of amides is 1. The molecule has 0 radical (unpaired) electrons. The van der Waals surface area contributed by atoms with Gasteiger partial charge in [0, 0.05) is 6.54 Å². The van der Waals surface area contributed by atoms with Crippen LogP contribution in [-0.4, -0.2) is 12.5 Å². The van der Waals surface area contributed by atoms with Gasteiger partial charge in [-0.15, -0.1) is 0 Å². The van der Waals surface area contributed by atoms with Crippen molar-refractivity contribution in [1.29, 1.82) is 5.26 Å². The van der Waals surface area contributed by atoms with Crippen LogP contribution >= 0.6 is 0 Å². The fourth-order valence-corrected chi connectivity index (χ4v) is 0.375. The zero-order valence-electron chi connectivity index (χ0n) is 5.50. The largest absolute Gasteiger partial charge is 0.405 e. The highest BCUT2D eigenvalue weighted by molar-refractivity contribution is 5.78. The number of carbonyl (C=O) groups excluding carboxylic acids is 1. The fraction of sp³-hybridized carbons (Fsp3) is 0.333. The summed E-state index contributed by atoms with van der Waals surface area (Å²) in [6, 6.07) is 1.73. The Morgan fingerprint density at radius 1 is 1.80 bits per heavy atom. The molecule has 0 saturated heterocycles. The van der Waals surface area contributed by atoms with Crippen LogP contribution in [0.15, 0.2) is 12.3 Å². The summed E-state index contributed by atoms with van der Waals surface area (Å²) in [5, 5.41) is 10.5. The molecule has 0 aromatic carbocycles. The molecule has 0 aromatic heterocycles. The van der Waals surface area contributed by atoms with Crippen molar-refractivity contribution in [3.8, 4) is 6.07 Å². The van der Waals surface area contributed by atoms with Crippen LogP contribution in [-0.2, 0) is 4.79 Å². The minimum Gasteiger partial charge on any atom is -0.405 e. The molecule has 0 aliphatic heterocycles. The zero-order valence-corrected chi connectivity index (χ0v) is 5.50. The lowest BCUT2D eigenvalue weighted by Crippen LogP contribution is -2.22. The van der Waals surface area contributed by atoms with Gasteiger partial charge in [-0.05, 0) is 12.3 Å². The van der Waals surface area contributed by atoms with E-state index in [1.165, 1.54) is 6.20 Å². The SMILES string of the molecule is N#CCC(=O)NC/C=C/N. The standard InChI is InChI=1S/C6H9N3O/c7-3-1-5-9-6(10)2-4-8/h1,3H,2,5,7H2,(H,9,10)/b3-1+. The smallest absolute Gasteiger partial charge is 0.234 e. The molecule has 0 spiro atoms. The van der Waals surface area contributed by atoms with Crippen LogP contribution in [0.3, 0.4) is 0 Å². The Morgan fingerprint density at radius 2 is 2.50 bits per heavy atom. The number of nitriles is 1. The van der Waals surface area contributed by atoms with Crippen molar-refractivity contribution in [1.82, 2.24) is 5.32 Å². The van der Waals surface area contributed by atoms with Gasteiger partial charge < -0.3 is 11.1 Å². The maximum Gasteiger partial charge on any atom is 0.234 e. The van der Waals surface area contributed by atoms with Crippen molar-refractivity contribution in [2.75, 3.05) is 6.54 Å². The van der Waals surface area contributed by atoms with Crippen LogP contribution in [0.4, 0.5) is 0 Å². The molecule has 10 heavy (non-hydrogen) atoms. The molecule has 0 atom stereocenters. The van der Waals surface area contributed by atoms with Crippen LogP contribution in [0.2, 0.25) is 0 Å². The van der Waals surface area contributed by atoms with Gasteiger partial charge in [0.1, 0.15) is 6.42 Å². The normalized spacial score (nSPS) is 9.10. The molecule has 0 fully saturated rings. The van der Waals surface area contributed by atoms with Crippen LogP contribution in [0.1, 0.15) is 6.42 Å². The van der Waals surface area contributed by atoms with Crippen molar-refractivity contribution >= 4 is 5.91 Å². The van der Waals surface area contributed by atoms with Gasteiger partial charge in [-0.2, -0.15) is 5.26 Å². The quantitative estimate of drug-likeness (QED) is 0.552. The molecular weight excluding hydrogens is 130 g/mol. The number of carbonyl (C=O) groups is 1. The summed E-state index contributed by atoms with van der Waals surface area (Å²) in [7, 11) is 0. The number of nitrogens with zero attached hydrogens (tertiary/aromatic N) is 1. The average molecular weight is 139 g/mol. The van der Waals surface area contributed by atoms with Gasteiger partial charge in [-0.3, -0.25) is 4.79 Å². The molecule has 0 heterocycles. The maximum absolute atomic E-state index is 10.5. The number of rotatable bonds is 3. The van der Waals surface area contributed by atoms with Crippen molar-refractivity contribution in [3.63, 3.8) is 0 Å². The van der Waals surface area contributed by atoms with E-state index < -0.39 is 0 Å². The third-order valence-electron chi connectivity index (χ3n) is 0.793. The van der Waals surface area contributed by atoms with E-state index in [0.29, 0.717) is 6.54 Å². The second-order valence-electron chi connectivity index (χ2n) is 1.57. The Hall–Kier alpha value is -1.50. The van der Waals surface area contributed by atoms with Crippen molar-refractivity contribution in [2.24, 2.45) is 5.73 Å². The predicted molar refractivity (Wildman–Crippen MR) is 36.6 cm³/mol. The predicted octanol–water partition coefficient (Wildman–Crippen LogP) is -0.511. The van der Waals surface area contributed by atoms with E-state index in [4.69, 9.17) is 11.0 Å². The summed E-state index contributed by atoms with van der Waals surface area (Å²) in [6.45, 7) is 0.386. The molecule has 3 N–H and O–H groups in total. The van der Waals surface area contributed by atoms with E-state index in [0.717, 1.165) is 0 Å². The summed E-state index contributed by atoms with van der Waals surface area (Å²) in [5.74, 6) is -0.277. The number of hydrogen-bond donors (Lipinski definition) is 2. The number of nitrogens with two attached hydrogens (primary N) is 1. The van der Waals surface area contributed by atoms with E-state index in [1.807, 2.05) is 0 Å². The number of hydrogen-bond acceptors (Lipinski definition) is 3. The summed E-state index contributed by atoms with van der Waals surface area (Å²) < 4.78 is 0. The third-order valence-corrected chi connectivity index (χ3v) is 0.793. The average Bonchev–Trinajstić information content (AvgIpc) is 1.89. The van der Waals surface area contributed by atoms with Crippen LogP contribution < -0.4 is 11.1 Å². The fourth-order valence-electron chi connectivity index (χ4n) is 0.375. The molecule has 0 unspecified atom stereocenters. The molecule has 0 saturated carbocycles. The van der Waals surface area contributed by atoms with Crippen molar-refractivity contribution < 1.29 is 4.79 Å². The number of nitrogens with one attached hydrogen (secondary N) is 1. The Morgan fingerprint density at radius 3 is 3.00 bits per heavy atom. The van der Waals surface area contributed by atoms with Gasteiger partial charge in [0.2, 0.25) is 5.91 Å². The van der Waals surface area contributed by atoms with Gasteiger partial charge in [0.15, 0.2) is 0 Å². The van der Waals surface area contributed by atoms with Gasteiger partial charge in [0.05, 0.1) is 6.07 Å². The lowest BCUT2D eigenvalue weighted by Gasteiger charge is -1.94. The van der Waals surface area contributed by atoms with E-state index in [-0.39, 0.29) is 12.3 Å². The van der Waals surface area contributed by atoms with Gasteiger partial charge in [-0.25, -0.2) is 0 Å². The Labute approximate surface area is 59.3 Å². The monoisotopic (exact) mass is 139 g/mol. The third kappa shape index (κ3) is 4.65. The van der Waals surface area contributed by atoms with Crippen molar-refractivity contribution in [2.45, 2.75) is 6.42 Å². The van der Waals surface area contributed by atoms with E-state index in [9.17, 15) is 4.79 Å². The molecule has 0 bridgehead atoms. The highest BCUT2D eigenvalue weighted by Gasteiger charge is 1.94. The second-order valence-corrected chi connectivity index (χ2v) is 1.57. The molecule has 4 nitrogen and oxygen atoms in total. The van der Waals surface area contributed by atoms with Gasteiger partial charge in [-0.1, -0.05) is 0 Å². The minimum absolute atomic E-state index is 0.0988. The first kappa shape index (κ1) is 8.50. The summed E-state index contributed by atoms with van der Waals surface area (Å²) in [6.07, 6.45) is 2.83. The Kier molecular flexibility index (Phi) is 4.79. The first-order chi connectivity index (χ1) is 4.81. The molecule has 1 amide bonds. The van der Waals surface area contributed by atoms with Crippen molar-refractivity contribution in [3.05, 3.63) is 12.3 Å². The van der Waals surface area contributed by atoms with E-state index in [2.05, 4.69) is 5.32 Å². The molecular formula is C6H9N3O. The van der Waals surface area contributed by atoms with E-state index in [1.54, 1.807) is 12.1 Å². The first-order valence-corrected chi connectivity index (χ1v) is 2.81. The lowest BCUT2D eigenvalue weighted by molar-refractivity contribution is -0.119. The lowest BCUT2D eigenvalue weighted by atomic mass is 10.4. The molecule has 0 rings (SSSR count). The molecule has 0 aliphatic rings. The van der Waals surface area contributed by atoms with Crippen LogP contribution in [0, 0.1) is 11.3 Å². The summed E-state index contributed by atoms with van der Waals surface area (Å²) >= 11 is 0. The Balaban J connectivity index is 3.33. The first-order valence-electron chi connectivity index (χ1n) is 2.81. The topological polar surface area (TPSA) is 78.9 Å². The summed E-state index contributed by atoms with van der Waals surface area (Å²) in [4.78, 5) is 10.5. The van der Waals surface area contributed by atoms with Gasteiger partial charge >= 0.3 is 0 Å². The molecule has 0 aliphatic carbocycles. The second kappa shape index (κ2) is 5.63. The Bertz CT molecular complexity index is 168. The molecule has 0 aromatic rings. The van der Waals surface area contributed by atoms with E-state index >= 15 is 0 Å². The highest BCUT2D eigenvalue weighted by atomic mass is 16.1. The van der Waals surface area contributed by atoms with Gasteiger partial charge in [0.25, 0.3) is 0 Å². The molecule has 4 heteroatoms. The maximum atomic E-state index is 10.5. The zero-order chi connectivity index (χ0) is 7.82.